The highest BCUT2D eigenvalue weighted by atomic mass is 19.4. The van der Waals surface area contributed by atoms with Crippen LogP contribution < -0.4 is 19.3 Å². The van der Waals surface area contributed by atoms with Crippen molar-refractivity contribution in [2.45, 2.75) is 58.4 Å². The summed E-state index contributed by atoms with van der Waals surface area (Å²) in [4.78, 5) is 14.8. The number of carboxylic acids is 1. The van der Waals surface area contributed by atoms with E-state index >= 15 is 0 Å². The maximum absolute atomic E-state index is 14.7. The van der Waals surface area contributed by atoms with Gasteiger partial charge < -0.3 is 24.4 Å². The molecule has 0 spiro atoms. The fourth-order valence-corrected chi connectivity index (χ4v) is 5.71. The van der Waals surface area contributed by atoms with Gasteiger partial charge in [-0.25, -0.2) is 4.39 Å². The number of hydrogen-bond donors (Lipinski definition) is 1. The van der Waals surface area contributed by atoms with E-state index in [0.717, 1.165) is 0 Å². The fourth-order valence-electron chi connectivity index (χ4n) is 5.71. The molecule has 2 aromatic carbocycles. The van der Waals surface area contributed by atoms with Gasteiger partial charge in [-0.1, -0.05) is 13.8 Å². The van der Waals surface area contributed by atoms with Crippen molar-refractivity contribution in [2.75, 3.05) is 36.0 Å². The predicted octanol–water partition coefficient (Wildman–Crippen LogP) is 6.39. The zero-order valence-electron chi connectivity index (χ0n) is 22.5. The third kappa shape index (κ3) is 6.89. The molecule has 214 valence electrons. The van der Waals surface area contributed by atoms with E-state index in [1.807, 2.05) is 11.8 Å². The Labute approximate surface area is 226 Å². The zero-order valence-corrected chi connectivity index (χ0v) is 22.5. The summed E-state index contributed by atoms with van der Waals surface area (Å²) >= 11 is 0. The molecule has 4 rings (SSSR count). The molecule has 39 heavy (non-hydrogen) atoms. The number of ether oxygens (including phenoxy) is 2. The molecule has 0 aliphatic carbocycles. The molecule has 10 heteroatoms. The van der Waals surface area contributed by atoms with Gasteiger partial charge in [-0.3, -0.25) is 4.79 Å². The number of carboxylic acid groups (broad SMARTS) is 1. The number of anilines is 2. The minimum atomic E-state index is -4.37. The predicted molar refractivity (Wildman–Crippen MR) is 141 cm³/mol. The summed E-state index contributed by atoms with van der Waals surface area (Å²) in [5.74, 6) is -1.40. The first kappa shape index (κ1) is 28.8. The number of aliphatic carboxylic acids is 1. The van der Waals surface area contributed by atoms with Crippen LogP contribution in [0.5, 0.6) is 11.5 Å². The molecule has 2 heterocycles. The molecule has 0 amide bonds. The largest absolute Gasteiger partial charge is 0.494 e. The molecule has 2 aliphatic rings. The normalized spacial score (nSPS) is 23.8. The van der Waals surface area contributed by atoms with Crippen LogP contribution in [0.15, 0.2) is 42.5 Å². The van der Waals surface area contributed by atoms with Crippen LogP contribution in [0, 0.1) is 23.6 Å². The van der Waals surface area contributed by atoms with Gasteiger partial charge in [-0.2, -0.15) is 13.2 Å². The minimum absolute atomic E-state index is 0.111. The second-order valence-electron chi connectivity index (χ2n) is 10.7. The van der Waals surface area contributed by atoms with Crippen LogP contribution in [0.25, 0.3) is 0 Å². The van der Waals surface area contributed by atoms with E-state index in [1.54, 1.807) is 36.4 Å². The highest BCUT2D eigenvalue weighted by Gasteiger charge is 2.48. The lowest BCUT2D eigenvalue weighted by Crippen LogP contribution is -2.48. The Kier molecular flexibility index (Phi) is 8.81. The molecule has 1 N–H and O–H groups in total. The monoisotopic (exact) mass is 552 g/mol. The van der Waals surface area contributed by atoms with Crippen LogP contribution in [0.1, 0.15) is 40.0 Å². The van der Waals surface area contributed by atoms with Crippen LogP contribution in [-0.4, -0.2) is 55.6 Å². The molecule has 4 atom stereocenters. The van der Waals surface area contributed by atoms with E-state index in [-0.39, 0.29) is 43.1 Å². The average molecular weight is 553 g/mol. The number of carbonyl (C=O) groups is 1. The smallest absolute Gasteiger partial charge is 0.393 e. The molecule has 2 saturated heterocycles. The van der Waals surface area contributed by atoms with Crippen molar-refractivity contribution in [3.05, 3.63) is 48.3 Å². The second-order valence-corrected chi connectivity index (χ2v) is 10.7. The molecule has 6 nitrogen and oxygen atoms in total. The van der Waals surface area contributed by atoms with Crippen molar-refractivity contribution in [1.29, 1.82) is 0 Å². The van der Waals surface area contributed by atoms with Crippen LogP contribution in [0.2, 0.25) is 0 Å². The molecule has 0 saturated carbocycles. The Morgan fingerprint density at radius 1 is 1.10 bits per heavy atom. The third-order valence-corrected chi connectivity index (χ3v) is 7.76. The molecule has 2 aliphatic heterocycles. The van der Waals surface area contributed by atoms with Gasteiger partial charge >= 0.3 is 12.1 Å². The lowest BCUT2D eigenvalue weighted by atomic mass is 9.85. The topological polar surface area (TPSA) is 62.2 Å². The van der Waals surface area contributed by atoms with Gasteiger partial charge in [0.2, 0.25) is 0 Å². The van der Waals surface area contributed by atoms with Gasteiger partial charge in [0.05, 0.1) is 24.6 Å². The molecular formula is C29H36F4N2O4. The van der Waals surface area contributed by atoms with Crippen LogP contribution in [0.4, 0.5) is 28.9 Å². The van der Waals surface area contributed by atoms with Crippen molar-refractivity contribution in [1.82, 2.24) is 0 Å². The second kappa shape index (κ2) is 11.9. The maximum atomic E-state index is 14.7. The van der Waals surface area contributed by atoms with E-state index < -0.39 is 24.1 Å². The van der Waals surface area contributed by atoms with Crippen LogP contribution >= 0.6 is 0 Å². The molecule has 0 bridgehead atoms. The van der Waals surface area contributed by atoms with Gasteiger partial charge in [-0.05, 0) is 55.7 Å². The standard InChI is InChI=1S/C29H36F4N2O4/c1-4-38-23-9-10-25(30)26(15-23)34-12-11-27(24(17-34)18(2)3)39-22-7-5-20(6-8-22)35-16-19(29(31,32)33)13-21(35)14-28(36)37/h5-10,15,18-19,21,24,27H,4,11-14,16-17H2,1-3H3,(H,36,37)/t19-,21-,24?,27?/m1/s1. The Morgan fingerprint density at radius 3 is 2.41 bits per heavy atom. The number of hydrogen-bond acceptors (Lipinski definition) is 5. The van der Waals surface area contributed by atoms with Crippen molar-refractivity contribution >= 4 is 17.3 Å². The van der Waals surface area contributed by atoms with Crippen molar-refractivity contribution in [2.24, 2.45) is 17.8 Å². The summed E-state index contributed by atoms with van der Waals surface area (Å²) in [7, 11) is 0. The Morgan fingerprint density at radius 2 is 1.79 bits per heavy atom. The van der Waals surface area contributed by atoms with E-state index in [4.69, 9.17) is 9.47 Å². The molecule has 0 radical (unpaired) electrons. The van der Waals surface area contributed by atoms with E-state index in [0.29, 0.717) is 49.0 Å². The van der Waals surface area contributed by atoms with Gasteiger partial charge in [0.1, 0.15) is 23.4 Å². The summed E-state index contributed by atoms with van der Waals surface area (Å²) in [6, 6.07) is 10.9. The first-order valence-corrected chi connectivity index (χ1v) is 13.4. The molecule has 2 fully saturated rings. The zero-order chi connectivity index (χ0) is 28.3. The van der Waals surface area contributed by atoms with Crippen molar-refractivity contribution in [3.8, 4) is 11.5 Å². The summed E-state index contributed by atoms with van der Waals surface area (Å²) in [5, 5.41) is 9.21. The SMILES string of the molecule is CCOc1ccc(F)c(N2CCC(Oc3ccc(N4C[C@H](C(F)(F)F)C[C@@H]4CC(=O)O)cc3)C(C(C)C)C2)c1. The lowest BCUT2D eigenvalue weighted by Gasteiger charge is -2.41. The highest BCUT2D eigenvalue weighted by Crippen LogP contribution is 2.40. The molecule has 2 unspecified atom stereocenters. The number of rotatable bonds is 9. The van der Waals surface area contributed by atoms with E-state index in [1.165, 1.54) is 11.0 Å². The first-order valence-electron chi connectivity index (χ1n) is 13.4. The van der Waals surface area contributed by atoms with Gasteiger partial charge in [0.15, 0.2) is 0 Å². The minimum Gasteiger partial charge on any atom is -0.494 e. The number of halogens is 4. The van der Waals surface area contributed by atoms with Crippen molar-refractivity contribution in [3.63, 3.8) is 0 Å². The number of piperidine rings is 1. The van der Waals surface area contributed by atoms with E-state index in [2.05, 4.69) is 13.8 Å². The Hall–Kier alpha value is -3.17. The summed E-state index contributed by atoms with van der Waals surface area (Å²) in [5.41, 5.74) is 1.05. The summed E-state index contributed by atoms with van der Waals surface area (Å²) in [6.45, 7) is 7.53. The quantitative estimate of drug-likeness (QED) is 0.364. The number of alkyl halides is 3. The van der Waals surface area contributed by atoms with Crippen LogP contribution in [0.3, 0.4) is 0 Å². The summed E-state index contributed by atoms with van der Waals surface area (Å²) < 4.78 is 66.7. The number of nitrogens with zero attached hydrogens (tertiary/aromatic N) is 2. The van der Waals surface area contributed by atoms with E-state index in [9.17, 15) is 27.5 Å². The Balaban J connectivity index is 1.45. The lowest BCUT2D eigenvalue weighted by molar-refractivity contribution is -0.169. The first-order chi connectivity index (χ1) is 18.5. The summed E-state index contributed by atoms with van der Waals surface area (Å²) in [6.07, 6.45) is -4.41. The maximum Gasteiger partial charge on any atom is 0.393 e. The average Bonchev–Trinajstić information content (AvgIpc) is 3.30. The Bertz CT molecular complexity index is 1130. The van der Waals surface area contributed by atoms with Crippen molar-refractivity contribution < 1.29 is 36.9 Å². The molecule has 2 aromatic rings. The van der Waals surface area contributed by atoms with Crippen LogP contribution in [-0.2, 0) is 4.79 Å². The van der Waals surface area contributed by atoms with Gasteiger partial charge in [-0.15, -0.1) is 0 Å². The molecular weight excluding hydrogens is 516 g/mol. The van der Waals surface area contributed by atoms with Gasteiger partial charge in [0, 0.05) is 49.8 Å². The fraction of sp³-hybridized carbons (Fsp3) is 0.552. The van der Waals surface area contributed by atoms with Gasteiger partial charge in [0.25, 0.3) is 0 Å². The molecule has 0 aromatic heterocycles. The highest BCUT2D eigenvalue weighted by molar-refractivity contribution is 5.69. The number of benzene rings is 2. The third-order valence-electron chi connectivity index (χ3n) is 7.76.